The zero-order chi connectivity index (χ0) is 13.3. The highest BCUT2D eigenvalue weighted by Crippen LogP contribution is 2.32. The highest BCUT2D eigenvalue weighted by atomic mass is 79.9. The third-order valence-corrected chi connectivity index (χ3v) is 2.88. The van der Waals surface area contributed by atoms with E-state index in [1.54, 1.807) is 19.1 Å². The van der Waals surface area contributed by atoms with E-state index in [2.05, 4.69) is 15.9 Å². The molecule has 18 heavy (non-hydrogen) atoms. The van der Waals surface area contributed by atoms with E-state index in [-0.39, 0.29) is 5.69 Å². The summed E-state index contributed by atoms with van der Waals surface area (Å²) in [5.41, 5.74) is 6.12. The summed E-state index contributed by atoms with van der Waals surface area (Å²) in [6.07, 6.45) is 0. The number of hydrogen-bond acceptors (Lipinski definition) is 2. The third kappa shape index (κ3) is 2.61. The predicted molar refractivity (Wildman–Crippen MR) is 69.7 cm³/mol. The minimum absolute atomic E-state index is 0.0170. The number of anilines is 1. The summed E-state index contributed by atoms with van der Waals surface area (Å²) in [6.45, 7) is 1.79. The number of rotatable bonds is 2. The zero-order valence-electron chi connectivity index (χ0n) is 9.51. The first kappa shape index (κ1) is 12.8. The highest BCUT2D eigenvalue weighted by Gasteiger charge is 2.14. The van der Waals surface area contributed by atoms with Crippen LogP contribution >= 0.6 is 15.9 Å². The average molecular weight is 314 g/mol. The number of nitrogens with two attached hydrogens (primary N) is 1. The smallest absolute Gasteiger partial charge is 0.198 e. The fourth-order valence-electron chi connectivity index (χ4n) is 1.47. The van der Waals surface area contributed by atoms with Crippen molar-refractivity contribution in [2.45, 2.75) is 6.92 Å². The SMILES string of the molecule is Cc1ccc(Br)cc1Oc1c(F)cc(N)cc1F. The van der Waals surface area contributed by atoms with Gasteiger partial charge in [-0.05, 0) is 24.6 Å². The van der Waals surface area contributed by atoms with Crippen LogP contribution in [-0.4, -0.2) is 0 Å². The summed E-state index contributed by atoms with van der Waals surface area (Å²) in [5.74, 6) is -1.73. The lowest BCUT2D eigenvalue weighted by molar-refractivity contribution is 0.405. The minimum atomic E-state index is -0.827. The van der Waals surface area contributed by atoms with Gasteiger partial charge in [-0.25, -0.2) is 8.78 Å². The summed E-state index contributed by atoms with van der Waals surface area (Å²) in [6, 6.07) is 7.28. The summed E-state index contributed by atoms with van der Waals surface area (Å²) in [7, 11) is 0. The molecule has 0 spiro atoms. The maximum atomic E-state index is 13.6. The van der Waals surface area contributed by atoms with Crippen molar-refractivity contribution in [3.05, 3.63) is 52.0 Å². The van der Waals surface area contributed by atoms with Gasteiger partial charge < -0.3 is 10.5 Å². The molecule has 2 N–H and O–H groups in total. The molecule has 0 unspecified atom stereocenters. The van der Waals surface area contributed by atoms with Crippen LogP contribution < -0.4 is 10.5 Å². The van der Waals surface area contributed by atoms with Gasteiger partial charge in [0, 0.05) is 22.3 Å². The molecule has 0 aliphatic heterocycles. The molecule has 0 aliphatic rings. The van der Waals surface area contributed by atoms with Crippen molar-refractivity contribution in [2.24, 2.45) is 0 Å². The maximum absolute atomic E-state index is 13.6. The molecule has 0 aromatic heterocycles. The van der Waals surface area contributed by atoms with Gasteiger partial charge in [0.1, 0.15) is 5.75 Å². The zero-order valence-corrected chi connectivity index (χ0v) is 11.1. The molecule has 0 aliphatic carbocycles. The fraction of sp³-hybridized carbons (Fsp3) is 0.0769. The number of ether oxygens (including phenoxy) is 1. The van der Waals surface area contributed by atoms with Crippen molar-refractivity contribution in [1.29, 1.82) is 0 Å². The van der Waals surface area contributed by atoms with Crippen LogP contribution in [0.1, 0.15) is 5.56 Å². The standard InChI is InChI=1S/C13H10BrF2NO/c1-7-2-3-8(14)4-12(7)18-13-10(15)5-9(17)6-11(13)16/h2-6H,17H2,1H3. The largest absolute Gasteiger partial charge is 0.451 e. The molecule has 0 atom stereocenters. The number of nitrogen functional groups attached to an aromatic ring is 1. The molecule has 0 fully saturated rings. The Kier molecular flexibility index (Phi) is 3.52. The summed E-state index contributed by atoms with van der Waals surface area (Å²) >= 11 is 3.27. The van der Waals surface area contributed by atoms with Gasteiger partial charge in [-0.1, -0.05) is 22.0 Å². The van der Waals surface area contributed by atoms with E-state index in [0.29, 0.717) is 5.75 Å². The monoisotopic (exact) mass is 313 g/mol. The van der Waals surface area contributed by atoms with Crippen LogP contribution in [-0.2, 0) is 0 Å². The Morgan fingerprint density at radius 2 is 1.72 bits per heavy atom. The van der Waals surface area contributed by atoms with E-state index in [1.807, 2.05) is 6.07 Å². The molecular formula is C13H10BrF2NO. The number of benzene rings is 2. The molecule has 0 bridgehead atoms. The summed E-state index contributed by atoms with van der Waals surface area (Å²) < 4.78 is 33.2. The van der Waals surface area contributed by atoms with Gasteiger partial charge in [0.05, 0.1) is 0 Å². The molecule has 0 radical (unpaired) electrons. The molecule has 0 saturated carbocycles. The van der Waals surface area contributed by atoms with Crippen molar-refractivity contribution < 1.29 is 13.5 Å². The molecular weight excluding hydrogens is 304 g/mol. The van der Waals surface area contributed by atoms with Gasteiger partial charge in [0.2, 0.25) is 0 Å². The van der Waals surface area contributed by atoms with Gasteiger partial charge in [0.25, 0.3) is 0 Å². The van der Waals surface area contributed by atoms with Crippen molar-refractivity contribution in [1.82, 2.24) is 0 Å². The maximum Gasteiger partial charge on any atom is 0.198 e. The third-order valence-electron chi connectivity index (χ3n) is 2.38. The Morgan fingerprint density at radius 3 is 2.33 bits per heavy atom. The van der Waals surface area contributed by atoms with Gasteiger partial charge in [0.15, 0.2) is 17.4 Å². The van der Waals surface area contributed by atoms with E-state index < -0.39 is 17.4 Å². The Bertz CT molecular complexity index is 579. The molecule has 2 aromatic rings. The molecule has 94 valence electrons. The van der Waals surface area contributed by atoms with Crippen molar-refractivity contribution in [3.8, 4) is 11.5 Å². The highest BCUT2D eigenvalue weighted by molar-refractivity contribution is 9.10. The summed E-state index contributed by atoms with van der Waals surface area (Å²) in [4.78, 5) is 0. The lowest BCUT2D eigenvalue weighted by atomic mass is 10.2. The fourth-order valence-corrected chi connectivity index (χ4v) is 1.81. The first-order chi connectivity index (χ1) is 8.47. The second kappa shape index (κ2) is 4.94. The van der Waals surface area contributed by atoms with Crippen LogP contribution in [0, 0.1) is 18.6 Å². The Morgan fingerprint density at radius 1 is 1.11 bits per heavy atom. The lowest BCUT2D eigenvalue weighted by Crippen LogP contribution is -1.96. The molecule has 5 heteroatoms. The van der Waals surface area contributed by atoms with Crippen molar-refractivity contribution >= 4 is 21.6 Å². The van der Waals surface area contributed by atoms with Crippen LogP contribution in [0.25, 0.3) is 0 Å². The van der Waals surface area contributed by atoms with E-state index in [0.717, 1.165) is 22.2 Å². The molecule has 0 saturated heterocycles. The van der Waals surface area contributed by atoms with Crippen LogP contribution in [0.5, 0.6) is 11.5 Å². The van der Waals surface area contributed by atoms with Crippen LogP contribution in [0.3, 0.4) is 0 Å². The molecule has 0 heterocycles. The Balaban J connectivity index is 2.43. The number of halogens is 3. The summed E-state index contributed by atoms with van der Waals surface area (Å²) in [5, 5.41) is 0. The lowest BCUT2D eigenvalue weighted by Gasteiger charge is -2.11. The molecule has 2 rings (SSSR count). The van der Waals surface area contributed by atoms with E-state index in [9.17, 15) is 8.78 Å². The Labute approximate surface area is 112 Å². The second-order valence-corrected chi connectivity index (χ2v) is 4.74. The predicted octanol–water partition coefficient (Wildman–Crippen LogP) is 4.41. The van der Waals surface area contributed by atoms with Gasteiger partial charge in [-0.3, -0.25) is 0 Å². The molecule has 2 aromatic carbocycles. The van der Waals surface area contributed by atoms with Gasteiger partial charge >= 0.3 is 0 Å². The van der Waals surface area contributed by atoms with E-state index >= 15 is 0 Å². The topological polar surface area (TPSA) is 35.2 Å². The first-order valence-corrected chi connectivity index (χ1v) is 5.95. The van der Waals surface area contributed by atoms with Crippen molar-refractivity contribution in [2.75, 3.05) is 5.73 Å². The first-order valence-electron chi connectivity index (χ1n) is 5.16. The second-order valence-electron chi connectivity index (χ2n) is 3.83. The average Bonchev–Trinajstić information content (AvgIpc) is 2.28. The van der Waals surface area contributed by atoms with E-state index in [1.165, 1.54) is 0 Å². The van der Waals surface area contributed by atoms with Crippen LogP contribution in [0.15, 0.2) is 34.8 Å². The quantitative estimate of drug-likeness (QED) is 0.833. The minimum Gasteiger partial charge on any atom is -0.451 e. The van der Waals surface area contributed by atoms with Gasteiger partial charge in [-0.2, -0.15) is 0 Å². The van der Waals surface area contributed by atoms with Crippen LogP contribution in [0.4, 0.5) is 14.5 Å². The van der Waals surface area contributed by atoms with Crippen molar-refractivity contribution in [3.63, 3.8) is 0 Å². The van der Waals surface area contributed by atoms with E-state index in [4.69, 9.17) is 10.5 Å². The van der Waals surface area contributed by atoms with Crippen LogP contribution in [0.2, 0.25) is 0 Å². The molecule has 2 nitrogen and oxygen atoms in total. The normalized spacial score (nSPS) is 10.4. The molecule has 0 amide bonds. The van der Waals surface area contributed by atoms with Gasteiger partial charge in [-0.15, -0.1) is 0 Å². The number of hydrogen-bond donors (Lipinski definition) is 1. The Hall–Kier alpha value is -1.62. The number of aryl methyl sites for hydroxylation is 1.